The fraction of sp³-hybridized carbons (Fsp3) is 0.857. The summed E-state index contributed by atoms with van der Waals surface area (Å²) in [7, 11) is 1.50. The molecule has 118 valence electrons. The maximum Gasteiger partial charge on any atom is 0.407 e. The molecule has 0 aliphatic rings. The minimum absolute atomic E-state index is 0.110. The van der Waals surface area contributed by atoms with Crippen molar-refractivity contribution in [3.63, 3.8) is 0 Å². The summed E-state index contributed by atoms with van der Waals surface area (Å²) in [6.45, 7) is 6.84. The SMILES string of the molecule is COCCOC(=O)NC(CCCCC(C)(C)C)C(=O)O. The Morgan fingerprint density at radius 3 is 2.35 bits per heavy atom. The molecule has 1 atom stereocenters. The number of nitrogens with one attached hydrogen (secondary N) is 1. The summed E-state index contributed by atoms with van der Waals surface area (Å²) in [6, 6.07) is -0.898. The zero-order valence-corrected chi connectivity index (χ0v) is 12.9. The first kappa shape index (κ1) is 18.7. The molecule has 1 unspecified atom stereocenters. The molecule has 0 aliphatic heterocycles. The lowest BCUT2D eigenvalue weighted by Gasteiger charge is -2.19. The molecular formula is C14H27NO5. The van der Waals surface area contributed by atoms with Gasteiger partial charge in [0.2, 0.25) is 0 Å². The van der Waals surface area contributed by atoms with E-state index in [-0.39, 0.29) is 18.6 Å². The number of aliphatic carboxylic acids is 1. The number of ether oxygens (including phenoxy) is 2. The summed E-state index contributed by atoms with van der Waals surface area (Å²) in [4.78, 5) is 22.4. The van der Waals surface area contributed by atoms with Gasteiger partial charge in [-0.25, -0.2) is 9.59 Å². The maximum absolute atomic E-state index is 11.4. The second-order valence-corrected chi connectivity index (χ2v) is 5.97. The average molecular weight is 289 g/mol. The van der Waals surface area contributed by atoms with Crippen molar-refractivity contribution in [3.05, 3.63) is 0 Å². The monoisotopic (exact) mass is 289 g/mol. The third kappa shape index (κ3) is 10.6. The highest BCUT2D eigenvalue weighted by molar-refractivity contribution is 5.79. The molecule has 20 heavy (non-hydrogen) atoms. The molecule has 0 aromatic heterocycles. The summed E-state index contributed by atoms with van der Waals surface area (Å²) in [5.74, 6) is -1.04. The maximum atomic E-state index is 11.4. The van der Waals surface area contributed by atoms with Crippen molar-refractivity contribution in [3.8, 4) is 0 Å². The van der Waals surface area contributed by atoms with Crippen LogP contribution >= 0.6 is 0 Å². The quantitative estimate of drug-likeness (QED) is 0.637. The molecule has 0 aliphatic carbocycles. The van der Waals surface area contributed by atoms with Crippen LogP contribution in [0.5, 0.6) is 0 Å². The number of hydrogen-bond acceptors (Lipinski definition) is 4. The molecular weight excluding hydrogens is 262 g/mol. The van der Waals surface area contributed by atoms with Crippen LogP contribution in [0.1, 0.15) is 46.5 Å². The number of carbonyl (C=O) groups is 2. The van der Waals surface area contributed by atoms with Crippen molar-refractivity contribution in [1.82, 2.24) is 5.32 Å². The van der Waals surface area contributed by atoms with Crippen LogP contribution in [0, 0.1) is 5.41 Å². The van der Waals surface area contributed by atoms with E-state index in [0.29, 0.717) is 6.42 Å². The van der Waals surface area contributed by atoms with E-state index in [0.717, 1.165) is 19.3 Å². The largest absolute Gasteiger partial charge is 0.480 e. The first-order chi connectivity index (χ1) is 9.26. The lowest BCUT2D eigenvalue weighted by Crippen LogP contribution is -2.41. The number of alkyl carbamates (subject to hydrolysis) is 1. The van der Waals surface area contributed by atoms with Crippen molar-refractivity contribution in [2.45, 2.75) is 52.5 Å². The first-order valence-electron chi connectivity index (χ1n) is 6.91. The predicted octanol–water partition coefficient (Wildman–Crippen LogP) is 2.42. The van der Waals surface area contributed by atoms with Gasteiger partial charge in [-0.2, -0.15) is 0 Å². The zero-order chi connectivity index (χ0) is 15.6. The molecule has 0 saturated carbocycles. The van der Waals surface area contributed by atoms with Crippen LogP contribution in [-0.2, 0) is 14.3 Å². The van der Waals surface area contributed by atoms with Gasteiger partial charge in [-0.05, 0) is 18.3 Å². The molecule has 6 heteroatoms. The van der Waals surface area contributed by atoms with Crippen molar-refractivity contribution >= 4 is 12.1 Å². The van der Waals surface area contributed by atoms with Crippen molar-refractivity contribution < 1.29 is 24.2 Å². The Balaban J connectivity index is 3.98. The van der Waals surface area contributed by atoms with Gasteiger partial charge in [0, 0.05) is 7.11 Å². The Morgan fingerprint density at radius 1 is 1.20 bits per heavy atom. The predicted molar refractivity (Wildman–Crippen MR) is 75.7 cm³/mol. The number of carboxylic acids is 1. The van der Waals surface area contributed by atoms with E-state index in [2.05, 4.69) is 26.1 Å². The fourth-order valence-electron chi connectivity index (χ4n) is 1.66. The normalized spacial score (nSPS) is 12.8. The minimum atomic E-state index is -1.04. The van der Waals surface area contributed by atoms with Crippen molar-refractivity contribution in [2.75, 3.05) is 20.3 Å². The van der Waals surface area contributed by atoms with Gasteiger partial charge in [0.1, 0.15) is 12.6 Å². The van der Waals surface area contributed by atoms with Crippen LogP contribution in [0.3, 0.4) is 0 Å². The van der Waals surface area contributed by atoms with Gasteiger partial charge < -0.3 is 19.9 Å². The minimum Gasteiger partial charge on any atom is -0.480 e. The van der Waals surface area contributed by atoms with E-state index >= 15 is 0 Å². The van der Waals surface area contributed by atoms with Gasteiger partial charge in [0.05, 0.1) is 6.61 Å². The Bertz CT molecular complexity index is 298. The standard InChI is InChI=1S/C14H27NO5/c1-14(2,3)8-6-5-7-11(12(16)17)15-13(18)20-10-9-19-4/h11H,5-10H2,1-4H3,(H,15,18)(H,16,17). The number of methoxy groups -OCH3 is 1. The van der Waals surface area contributed by atoms with E-state index in [1.807, 2.05) is 0 Å². The molecule has 0 fully saturated rings. The second-order valence-electron chi connectivity index (χ2n) is 5.97. The highest BCUT2D eigenvalue weighted by Crippen LogP contribution is 2.22. The summed E-state index contributed by atoms with van der Waals surface area (Å²) in [5.41, 5.74) is 0.241. The van der Waals surface area contributed by atoms with Gasteiger partial charge in [0.15, 0.2) is 0 Å². The Morgan fingerprint density at radius 2 is 1.85 bits per heavy atom. The number of carboxylic acid groups (broad SMARTS) is 1. The van der Waals surface area contributed by atoms with Crippen molar-refractivity contribution in [1.29, 1.82) is 0 Å². The third-order valence-corrected chi connectivity index (χ3v) is 2.78. The number of rotatable bonds is 9. The highest BCUT2D eigenvalue weighted by Gasteiger charge is 2.20. The van der Waals surface area contributed by atoms with E-state index < -0.39 is 18.1 Å². The Hall–Kier alpha value is -1.30. The highest BCUT2D eigenvalue weighted by atomic mass is 16.6. The Labute approximate surface area is 120 Å². The van der Waals surface area contributed by atoms with Crippen LogP contribution in [0.2, 0.25) is 0 Å². The lowest BCUT2D eigenvalue weighted by atomic mass is 9.89. The molecule has 1 amide bonds. The molecule has 0 rings (SSSR count). The topological polar surface area (TPSA) is 84.9 Å². The summed E-state index contributed by atoms with van der Waals surface area (Å²) in [6.07, 6.45) is 2.41. The van der Waals surface area contributed by atoms with Gasteiger partial charge in [-0.15, -0.1) is 0 Å². The lowest BCUT2D eigenvalue weighted by molar-refractivity contribution is -0.139. The fourth-order valence-corrected chi connectivity index (χ4v) is 1.66. The van der Waals surface area contributed by atoms with Crippen LogP contribution in [-0.4, -0.2) is 43.5 Å². The second kappa shape index (κ2) is 9.58. The molecule has 0 heterocycles. The summed E-state index contributed by atoms with van der Waals surface area (Å²) >= 11 is 0. The van der Waals surface area contributed by atoms with Crippen LogP contribution in [0.4, 0.5) is 4.79 Å². The zero-order valence-electron chi connectivity index (χ0n) is 12.9. The van der Waals surface area contributed by atoms with Gasteiger partial charge in [-0.1, -0.05) is 33.6 Å². The number of amides is 1. The summed E-state index contributed by atoms with van der Waals surface area (Å²) in [5, 5.41) is 11.4. The smallest absolute Gasteiger partial charge is 0.407 e. The van der Waals surface area contributed by atoms with E-state index in [1.165, 1.54) is 7.11 Å². The average Bonchev–Trinajstić information content (AvgIpc) is 2.31. The molecule has 6 nitrogen and oxygen atoms in total. The van der Waals surface area contributed by atoms with Gasteiger partial charge in [-0.3, -0.25) is 0 Å². The molecule has 0 saturated heterocycles. The number of hydrogen-bond donors (Lipinski definition) is 2. The number of unbranched alkanes of at least 4 members (excludes halogenated alkanes) is 1. The van der Waals surface area contributed by atoms with Crippen molar-refractivity contribution in [2.24, 2.45) is 5.41 Å². The summed E-state index contributed by atoms with van der Waals surface area (Å²) < 4.78 is 9.52. The number of carbonyl (C=O) groups excluding carboxylic acids is 1. The van der Waals surface area contributed by atoms with E-state index in [1.54, 1.807) is 0 Å². The van der Waals surface area contributed by atoms with Crippen LogP contribution in [0.25, 0.3) is 0 Å². The first-order valence-corrected chi connectivity index (χ1v) is 6.91. The molecule has 2 N–H and O–H groups in total. The van der Waals surface area contributed by atoms with E-state index in [4.69, 9.17) is 14.6 Å². The van der Waals surface area contributed by atoms with Gasteiger partial charge >= 0.3 is 12.1 Å². The Kier molecular flexibility index (Phi) is 8.96. The van der Waals surface area contributed by atoms with Crippen LogP contribution in [0.15, 0.2) is 0 Å². The third-order valence-electron chi connectivity index (χ3n) is 2.78. The molecule has 0 bridgehead atoms. The molecule has 0 aromatic rings. The van der Waals surface area contributed by atoms with E-state index in [9.17, 15) is 9.59 Å². The molecule has 0 spiro atoms. The molecule has 0 radical (unpaired) electrons. The van der Waals surface area contributed by atoms with Gasteiger partial charge in [0.25, 0.3) is 0 Å². The van der Waals surface area contributed by atoms with Crippen LogP contribution < -0.4 is 5.32 Å². The molecule has 0 aromatic carbocycles.